The van der Waals surface area contributed by atoms with Crippen LogP contribution < -0.4 is 8.97 Å². The highest BCUT2D eigenvalue weighted by molar-refractivity contribution is 7.99. The second kappa shape index (κ2) is 14.3. The molecule has 0 unspecified atom stereocenters. The maximum Gasteiger partial charge on any atom is 0.335 e. The van der Waals surface area contributed by atoms with Crippen molar-refractivity contribution in [2.24, 2.45) is 0 Å². The summed E-state index contributed by atoms with van der Waals surface area (Å²) in [5, 5.41) is 17.6. The van der Waals surface area contributed by atoms with Crippen LogP contribution in [0.2, 0.25) is 0 Å². The van der Waals surface area contributed by atoms with Crippen LogP contribution in [0.4, 0.5) is 11.4 Å². The van der Waals surface area contributed by atoms with Crippen molar-refractivity contribution in [3.8, 4) is 0 Å². The van der Waals surface area contributed by atoms with Crippen LogP contribution in [-0.2, 0) is 0 Å². The van der Waals surface area contributed by atoms with Crippen molar-refractivity contribution in [1.82, 2.24) is 8.97 Å². The summed E-state index contributed by atoms with van der Waals surface area (Å²) in [6.45, 7) is 0. The highest BCUT2D eigenvalue weighted by atomic mass is 32.2. The fourth-order valence-electron chi connectivity index (χ4n) is 3.22. The highest BCUT2D eigenvalue weighted by Gasteiger charge is 2.10. The molecule has 0 heterocycles. The normalized spacial score (nSPS) is 10.8. The molecule has 0 spiro atoms. The molecule has 0 saturated carbocycles. The summed E-state index contributed by atoms with van der Waals surface area (Å²) < 4.78 is 1.78. The first-order chi connectivity index (χ1) is 18.3. The first-order valence-electron chi connectivity index (χ1n) is 12.4. The average molecular weight is 547 g/mol. The lowest BCUT2D eigenvalue weighted by Gasteiger charge is -2.22. The van der Waals surface area contributed by atoms with E-state index < -0.39 is 11.9 Å². The van der Waals surface area contributed by atoms with Crippen molar-refractivity contribution in [3.63, 3.8) is 0 Å². The van der Waals surface area contributed by atoms with E-state index in [9.17, 15) is 9.59 Å². The lowest BCUT2D eigenvalue weighted by atomic mass is 10.2. The van der Waals surface area contributed by atoms with Gasteiger partial charge in [-0.1, -0.05) is 48.2 Å². The van der Waals surface area contributed by atoms with Gasteiger partial charge in [0.25, 0.3) is 0 Å². The number of hydrogen-bond acceptors (Lipinski definition) is 3. The Balaban J connectivity index is 0.000000225. The standard InChI is InChI=1S/C14H10O4S.2C9H14N/c15-13(16)9-1-5-11(6-2-9)19-12-7-3-10(4-8-12)14(17)18;2*1-10(2,3)9-7-5-4-6-8-9/h1-8H,(H,15,16)(H,17,18);2*4-8H,1-3H3/q;2*+1. The number of carboxylic acids is 2. The van der Waals surface area contributed by atoms with E-state index >= 15 is 0 Å². The summed E-state index contributed by atoms with van der Waals surface area (Å²) in [5.74, 6) is -1.91. The van der Waals surface area contributed by atoms with Crippen LogP contribution in [0.15, 0.2) is 119 Å². The predicted octanol–water partition coefficient (Wildman–Crippen LogP) is 7.00. The molecule has 0 aliphatic rings. The fraction of sp³-hybridized carbons (Fsp3) is 0.188. The van der Waals surface area contributed by atoms with Gasteiger partial charge in [-0.05, 0) is 72.8 Å². The largest absolute Gasteiger partial charge is 0.478 e. The van der Waals surface area contributed by atoms with Gasteiger partial charge in [0, 0.05) is 9.79 Å². The molecule has 0 radical (unpaired) electrons. The second-order valence-electron chi connectivity index (χ2n) is 10.5. The van der Waals surface area contributed by atoms with Crippen LogP contribution in [0.1, 0.15) is 20.7 Å². The van der Waals surface area contributed by atoms with E-state index in [1.807, 2.05) is 12.1 Å². The van der Waals surface area contributed by atoms with Crippen LogP contribution in [0, 0.1) is 0 Å². The van der Waals surface area contributed by atoms with Crippen molar-refractivity contribution in [1.29, 1.82) is 0 Å². The number of carboxylic acid groups (broad SMARTS) is 2. The summed E-state index contributed by atoms with van der Waals surface area (Å²) in [7, 11) is 13.0. The van der Waals surface area contributed by atoms with E-state index in [0.29, 0.717) is 0 Å². The third-order valence-corrected chi connectivity index (χ3v) is 6.52. The first-order valence-corrected chi connectivity index (χ1v) is 13.2. The Morgan fingerprint density at radius 3 is 0.974 bits per heavy atom. The van der Waals surface area contributed by atoms with Gasteiger partial charge in [0.1, 0.15) is 11.4 Å². The summed E-state index contributed by atoms with van der Waals surface area (Å²) in [4.78, 5) is 23.2. The molecule has 6 nitrogen and oxygen atoms in total. The van der Waals surface area contributed by atoms with Gasteiger partial charge in [0.05, 0.1) is 53.4 Å². The van der Waals surface area contributed by atoms with E-state index in [-0.39, 0.29) is 11.1 Å². The maximum atomic E-state index is 10.7. The first kappa shape index (κ1) is 31.3. The van der Waals surface area contributed by atoms with Crippen molar-refractivity contribution in [2.45, 2.75) is 9.79 Å². The van der Waals surface area contributed by atoms with E-state index in [0.717, 1.165) is 18.8 Å². The SMILES string of the molecule is C[N+](C)(C)c1ccccc1.C[N+](C)(C)c1ccccc1.O=C(O)c1ccc(Sc2ccc(C(=O)O)cc2)cc1. The molecule has 4 aromatic rings. The van der Waals surface area contributed by atoms with Gasteiger partial charge in [-0.25, -0.2) is 9.59 Å². The van der Waals surface area contributed by atoms with Gasteiger partial charge in [0.15, 0.2) is 0 Å². The van der Waals surface area contributed by atoms with Crippen molar-refractivity contribution in [2.75, 3.05) is 42.3 Å². The van der Waals surface area contributed by atoms with Crippen molar-refractivity contribution >= 4 is 35.1 Å². The molecule has 0 aliphatic carbocycles. The molecule has 2 N–H and O–H groups in total. The number of para-hydroxylation sites is 2. The molecule has 0 aliphatic heterocycles. The Bertz CT molecular complexity index is 1210. The fourth-order valence-corrected chi connectivity index (χ4v) is 4.03. The number of hydrogen-bond donors (Lipinski definition) is 2. The minimum Gasteiger partial charge on any atom is -0.478 e. The monoisotopic (exact) mass is 546 g/mol. The summed E-state index contributed by atoms with van der Waals surface area (Å²) in [5.41, 5.74) is 3.15. The zero-order valence-electron chi connectivity index (χ0n) is 23.4. The molecule has 39 heavy (non-hydrogen) atoms. The van der Waals surface area contributed by atoms with Crippen LogP contribution in [0.25, 0.3) is 0 Å². The third-order valence-electron chi connectivity index (χ3n) is 5.50. The molecule has 0 bridgehead atoms. The Kier molecular flexibility index (Phi) is 11.5. The number of rotatable bonds is 6. The molecule has 4 aromatic carbocycles. The van der Waals surface area contributed by atoms with Gasteiger partial charge in [-0.2, -0.15) is 0 Å². The zero-order chi connectivity index (χ0) is 29.1. The van der Waals surface area contributed by atoms with Crippen LogP contribution >= 0.6 is 11.8 Å². The van der Waals surface area contributed by atoms with E-state index in [2.05, 4.69) is 90.8 Å². The highest BCUT2D eigenvalue weighted by Crippen LogP contribution is 2.28. The zero-order valence-corrected chi connectivity index (χ0v) is 24.2. The van der Waals surface area contributed by atoms with Crippen molar-refractivity contribution < 1.29 is 19.8 Å². The van der Waals surface area contributed by atoms with Gasteiger partial charge < -0.3 is 10.2 Å². The summed E-state index contributed by atoms with van der Waals surface area (Å²) in [6, 6.07) is 33.9. The number of carbonyl (C=O) groups is 2. The van der Waals surface area contributed by atoms with Crippen LogP contribution in [0.5, 0.6) is 0 Å². The molecule has 0 fully saturated rings. The Hall–Kier alpha value is -3.91. The molecule has 0 atom stereocenters. The Labute approximate surface area is 236 Å². The quantitative estimate of drug-likeness (QED) is 0.255. The minimum absolute atomic E-state index is 0.241. The van der Waals surface area contributed by atoms with Crippen LogP contribution in [0.3, 0.4) is 0 Å². The minimum atomic E-state index is -0.956. The number of aromatic carboxylic acids is 2. The Morgan fingerprint density at radius 1 is 0.487 bits per heavy atom. The molecular weight excluding hydrogens is 508 g/mol. The number of quaternary nitrogens is 2. The van der Waals surface area contributed by atoms with E-state index in [4.69, 9.17) is 10.2 Å². The van der Waals surface area contributed by atoms with E-state index in [1.165, 1.54) is 47.4 Å². The van der Waals surface area contributed by atoms with Crippen molar-refractivity contribution in [3.05, 3.63) is 120 Å². The topological polar surface area (TPSA) is 74.6 Å². The Morgan fingerprint density at radius 2 is 0.769 bits per heavy atom. The van der Waals surface area contributed by atoms with Gasteiger partial charge >= 0.3 is 11.9 Å². The number of nitrogens with zero attached hydrogens (tertiary/aromatic N) is 2. The van der Waals surface area contributed by atoms with Gasteiger partial charge in [0.2, 0.25) is 0 Å². The molecule has 204 valence electrons. The lowest BCUT2D eigenvalue weighted by Crippen LogP contribution is -2.34. The molecule has 0 amide bonds. The predicted molar refractivity (Wildman–Crippen MR) is 163 cm³/mol. The molecule has 4 rings (SSSR count). The molecular formula is C32H38N2O4S+2. The molecule has 7 heteroatoms. The third kappa shape index (κ3) is 11.2. The number of benzene rings is 4. The van der Waals surface area contributed by atoms with Crippen LogP contribution in [-0.4, -0.2) is 64.4 Å². The summed E-state index contributed by atoms with van der Waals surface area (Å²) >= 11 is 1.44. The lowest BCUT2D eigenvalue weighted by molar-refractivity contribution is 0.0686. The molecule has 0 saturated heterocycles. The van der Waals surface area contributed by atoms with E-state index in [1.54, 1.807) is 24.3 Å². The van der Waals surface area contributed by atoms with Gasteiger partial charge in [-0.3, -0.25) is 8.97 Å². The van der Waals surface area contributed by atoms with Gasteiger partial charge in [-0.15, -0.1) is 0 Å². The summed E-state index contributed by atoms with van der Waals surface area (Å²) in [6.07, 6.45) is 0. The second-order valence-corrected chi connectivity index (χ2v) is 11.6. The molecule has 0 aromatic heterocycles. The smallest absolute Gasteiger partial charge is 0.335 e. The maximum absolute atomic E-state index is 10.7. The average Bonchev–Trinajstić information content (AvgIpc) is 2.90.